The molecular weight excluding hydrogens is 428 g/mol. The van der Waals surface area contributed by atoms with Gasteiger partial charge in [0.05, 0.1) is 15.5 Å². The molecule has 1 fully saturated rings. The number of esters is 1. The molecule has 0 aromatic heterocycles. The number of benzene rings is 2. The zero-order chi connectivity index (χ0) is 21.3. The number of sulfonamides is 1. The zero-order valence-corrected chi connectivity index (χ0v) is 17.7. The molecule has 1 amide bonds. The van der Waals surface area contributed by atoms with E-state index >= 15 is 0 Å². The number of nitrogens with zero attached hydrogens (tertiary/aromatic N) is 1. The lowest BCUT2D eigenvalue weighted by Crippen LogP contribution is -2.36. The van der Waals surface area contributed by atoms with Gasteiger partial charge in [0, 0.05) is 19.1 Å². The molecule has 1 aliphatic carbocycles. The Morgan fingerprint density at radius 3 is 2.60 bits per heavy atom. The van der Waals surface area contributed by atoms with E-state index in [2.05, 4.69) is 5.32 Å². The Bertz CT molecular complexity index is 1100. The number of rotatable bonds is 6. The van der Waals surface area contributed by atoms with Gasteiger partial charge in [0.25, 0.3) is 5.91 Å². The number of carbonyl (C=O) groups is 2. The smallest absolute Gasteiger partial charge is 0.340 e. The number of hydrogen-bond donors (Lipinski definition) is 1. The van der Waals surface area contributed by atoms with Crippen molar-refractivity contribution in [2.45, 2.75) is 36.7 Å². The summed E-state index contributed by atoms with van der Waals surface area (Å²) in [5.41, 5.74) is 2.01. The summed E-state index contributed by atoms with van der Waals surface area (Å²) in [7, 11) is -3.83. The van der Waals surface area contributed by atoms with Crippen molar-refractivity contribution < 1.29 is 22.7 Å². The third kappa shape index (κ3) is 4.50. The van der Waals surface area contributed by atoms with Gasteiger partial charge in [0.15, 0.2) is 6.61 Å². The number of nitrogens with one attached hydrogen (secondary N) is 1. The van der Waals surface area contributed by atoms with Crippen molar-refractivity contribution >= 4 is 33.5 Å². The largest absolute Gasteiger partial charge is 0.452 e. The normalized spacial score (nSPS) is 16.6. The SMILES string of the molecule is O=C(COC(=O)c1cc(S(=O)(=O)N2CCc3ccccc3C2)ccc1Cl)NC1CC1. The van der Waals surface area contributed by atoms with Crippen LogP contribution in [0.25, 0.3) is 0 Å². The first-order valence-electron chi connectivity index (χ1n) is 9.67. The predicted molar refractivity (Wildman–Crippen MR) is 111 cm³/mol. The van der Waals surface area contributed by atoms with Crippen LogP contribution in [0.5, 0.6) is 0 Å². The fraction of sp³-hybridized carbons (Fsp3) is 0.333. The van der Waals surface area contributed by atoms with Gasteiger partial charge in [-0.2, -0.15) is 4.31 Å². The van der Waals surface area contributed by atoms with E-state index in [-0.39, 0.29) is 28.1 Å². The molecule has 2 aliphatic rings. The maximum absolute atomic E-state index is 13.1. The lowest BCUT2D eigenvalue weighted by molar-refractivity contribution is -0.124. The molecule has 1 saturated carbocycles. The molecule has 1 heterocycles. The summed E-state index contributed by atoms with van der Waals surface area (Å²) >= 11 is 6.09. The lowest BCUT2D eigenvalue weighted by Gasteiger charge is -2.28. The van der Waals surface area contributed by atoms with Gasteiger partial charge in [-0.05, 0) is 48.6 Å². The first-order chi connectivity index (χ1) is 14.3. The van der Waals surface area contributed by atoms with Crippen LogP contribution in [0.4, 0.5) is 0 Å². The van der Waals surface area contributed by atoms with Gasteiger partial charge in [-0.1, -0.05) is 35.9 Å². The molecule has 2 aromatic carbocycles. The number of halogens is 1. The summed E-state index contributed by atoms with van der Waals surface area (Å²) in [6, 6.07) is 11.8. The van der Waals surface area contributed by atoms with Crippen molar-refractivity contribution in [3.63, 3.8) is 0 Å². The highest BCUT2D eigenvalue weighted by molar-refractivity contribution is 7.89. The van der Waals surface area contributed by atoms with Crippen molar-refractivity contribution in [3.05, 3.63) is 64.2 Å². The average Bonchev–Trinajstić information content (AvgIpc) is 3.55. The topological polar surface area (TPSA) is 92.8 Å². The summed E-state index contributed by atoms with van der Waals surface area (Å²) < 4.78 is 32.7. The van der Waals surface area contributed by atoms with Gasteiger partial charge in [0.2, 0.25) is 10.0 Å². The maximum Gasteiger partial charge on any atom is 0.340 e. The fourth-order valence-electron chi connectivity index (χ4n) is 3.35. The summed E-state index contributed by atoms with van der Waals surface area (Å²) in [6.07, 6.45) is 2.47. The minimum Gasteiger partial charge on any atom is -0.452 e. The Kier molecular flexibility index (Phi) is 5.81. The van der Waals surface area contributed by atoms with E-state index in [0.717, 1.165) is 24.0 Å². The van der Waals surface area contributed by atoms with Crippen LogP contribution in [-0.2, 0) is 32.5 Å². The fourth-order valence-corrected chi connectivity index (χ4v) is 4.99. The van der Waals surface area contributed by atoms with Gasteiger partial charge in [-0.15, -0.1) is 0 Å². The molecule has 1 aliphatic heterocycles. The summed E-state index contributed by atoms with van der Waals surface area (Å²) in [5, 5.41) is 2.77. The van der Waals surface area contributed by atoms with E-state index in [1.54, 1.807) is 0 Å². The predicted octanol–water partition coefficient (Wildman–Crippen LogP) is 2.52. The minimum absolute atomic E-state index is 0.0411. The second kappa shape index (κ2) is 8.37. The molecule has 7 nitrogen and oxygen atoms in total. The van der Waals surface area contributed by atoms with E-state index in [1.165, 1.54) is 22.5 Å². The van der Waals surface area contributed by atoms with E-state index in [4.69, 9.17) is 16.3 Å². The molecule has 30 heavy (non-hydrogen) atoms. The highest BCUT2D eigenvalue weighted by Gasteiger charge is 2.30. The van der Waals surface area contributed by atoms with Gasteiger partial charge < -0.3 is 10.1 Å². The first kappa shape index (κ1) is 20.8. The van der Waals surface area contributed by atoms with Crippen molar-refractivity contribution in [2.75, 3.05) is 13.2 Å². The van der Waals surface area contributed by atoms with Crippen LogP contribution < -0.4 is 5.32 Å². The first-order valence-corrected chi connectivity index (χ1v) is 11.5. The Hall–Kier alpha value is -2.42. The molecule has 0 saturated heterocycles. The van der Waals surface area contributed by atoms with Crippen molar-refractivity contribution in [1.29, 1.82) is 0 Å². The molecule has 158 valence electrons. The van der Waals surface area contributed by atoms with Crippen LogP contribution in [-0.4, -0.2) is 43.8 Å². The van der Waals surface area contributed by atoms with Crippen LogP contribution in [0.2, 0.25) is 5.02 Å². The number of carbonyl (C=O) groups excluding carboxylic acids is 2. The molecule has 0 unspecified atom stereocenters. The van der Waals surface area contributed by atoms with Crippen LogP contribution in [0.3, 0.4) is 0 Å². The molecule has 4 rings (SSSR count). The second-order valence-corrected chi connectivity index (χ2v) is 9.76. The Balaban J connectivity index is 1.50. The third-order valence-electron chi connectivity index (χ3n) is 5.17. The Labute approximate surface area is 180 Å². The number of ether oxygens (including phenoxy) is 1. The molecule has 9 heteroatoms. The van der Waals surface area contributed by atoms with Gasteiger partial charge in [-0.25, -0.2) is 13.2 Å². The number of fused-ring (bicyclic) bond motifs is 1. The highest BCUT2D eigenvalue weighted by Crippen LogP contribution is 2.28. The van der Waals surface area contributed by atoms with Crippen molar-refractivity contribution in [2.24, 2.45) is 0 Å². The Morgan fingerprint density at radius 2 is 1.87 bits per heavy atom. The second-order valence-electron chi connectivity index (χ2n) is 7.42. The summed E-state index contributed by atoms with van der Waals surface area (Å²) in [4.78, 5) is 24.1. The molecule has 0 spiro atoms. The van der Waals surface area contributed by atoms with Crippen molar-refractivity contribution in [1.82, 2.24) is 9.62 Å². The van der Waals surface area contributed by atoms with Gasteiger partial charge in [0.1, 0.15) is 0 Å². The Morgan fingerprint density at radius 1 is 1.13 bits per heavy atom. The van der Waals surface area contributed by atoms with Gasteiger partial charge >= 0.3 is 5.97 Å². The van der Waals surface area contributed by atoms with Crippen LogP contribution in [0, 0.1) is 0 Å². The minimum atomic E-state index is -3.83. The molecule has 0 radical (unpaired) electrons. The average molecular weight is 449 g/mol. The van der Waals surface area contributed by atoms with Crippen LogP contribution in [0.1, 0.15) is 34.3 Å². The zero-order valence-electron chi connectivity index (χ0n) is 16.1. The standard InChI is InChI=1S/C21H21ClN2O5S/c22-19-8-7-17(11-18(19)21(26)29-13-20(25)23-16-5-6-16)30(27,28)24-10-9-14-3-1-2-4-15(14)12-24/h1-4,7-8,11,16H,5-6,9-10,12-13H2,(H,23,25). The van der Waals surface area contributed by atoms with E-state index < -0.39 is 28.5 Å². The lowest BCUT2D eigenvalue weighted by atomic mass is 10.0. The molecule has 0 bridgehead atoms. The van der Waals surface area contributed by atoms with E-state index in [1.807, 2.05) is 24.3 Å². The van der Waals surface area contributed by atoms with E-state index in [0.29, 0.717) is 13.0 Å². The summed E-state index contributed by atoms with van der Waals surface area (Å²) in [6.45, 7) is 0.177. The number of amides is 1. The van der Waals surface area contributed by atoms with Crippen LogP contribution >= 0.6 is 11.6 Å². The monoisotopic (exact) mass is 448 g/mol. The summed E-state index contributed by atoms with van der Waals surface area (Å²) in [5.74, 6) is -1.23. The molecule has 0 atom stereocenters. The third-order valence-corrected chi connectivity index (χ3v) is 7.34. The van der Waals surface area contributed by atoms with Gasteiger partial charge in [-0.3, -0.25) is 4.79 Å². The van der Waals surface area contributed by atoms with E-state index in [9.17, 15) is 18.0 Å². The molecular formula is C21H21ClN2O5S. The number of hydrogen-bond acceptors (Lipinski definition) is 5. The molecule has 2 aromatic rings. The molecule has 1 N–H and O–H groups in total. The van der Waals surface area contributed by atoms with Crippen LogP contribution in [0.15, 0.2) is 47.4 Å². The quantitative estimate of drug-likeness (QED) is 0.685. The maximum atomic E-state index is 13.1. The van der Waals surface area contributed by atoms with Crippen molar-refractivity contribution in [3.8, 4) is 0 Å². The highest BCUT2D eigenvalue weighted by atomic mass is 35.5.